The van der Waals surface area contributed by atoms with Gasteiger partial charge in [0.15, 0.2) is 0 Å². The molecule has 4 rings (SSSR count). The SMILES string of the molecule is CC(Sc1cccc(NC(=O)c2ccc(F)cc2)c1)C(=O)NC1=NN(c2ccccc2)C(=O)C1. The van der Waals surface area contributed by atoms with Gasteiger partial charge in [-0.2, -0.15) is 10.1 Å². The molecule has 0 radical (unpaired) electrons. The summed E-state index contributed by atoms with van der Waals surface area (Å²) in [5.74, 6) is -0.979. The van der Waals surface area contributed by atoms with Crippen molar-refractivity contribution in [1.82, 2.24) is 5.32 Å². The minimum atomic E-state index is -0.480. The first-order chi connectivity index (χ1) is 16.4. The molecule has 2 N–H and O–H groups in total. The third kappa shape index (κ3) is 5.68. The number of halogens is 1. The van der Waals surface area contributed by atoms with Crippen LogP contribution >= 0.6 is 11.8 Å². The Balaban J connectivity index is 1.36. The van der Waals surface area contributed by atoms with Crippen molar-refractivity contribution < 1.29 is 18.8 Å². The van der Waals surface area contributed by atoms with Crippen LogP contribution in [0.25, 0.3) is 0 Å². The fourth-order valence-corrected chi connectivity index (χ4v) is 4.15. The maximum Gasteiger partial charge on any atom is 0.255 e. The molecule has 3 aromatic carbocycles. The summed E-state index contributed by atoms with van der Waals surface area (Å²) in [5.41, 5.74) is 1.53. The molecule has 0 aliphatic carbocycles. The quantitative estimate of drug-likeness (QED) is 0.515. The standard InChI is InChI=1S/C25H21FN4O3S/c1-16(24(32)28-22-15-23(31)30(29-22)20-7-3-2-4-8-20)34-21-9-5-6-19(14-21)27-25(33)17-10-12-18(26)13-11-17/h2-14,16H,15H2,1H3,(H,27,33)(H,28,29,32). The predicted molar refractivity (Wildman–Crippen MR) is 130 cm³/mol. The Morgan fingerprint density at radius 3 is 2.47 bits per heavy atom. The zero-order chi connectivity index (χ0) is 24.1. The summed E-state index contributed by atoms with van der Waals surface area (Å²) in [6.07, 6.45) is 0.0168. The number of carbonyl (C=O) groups excluding carboxylic acids is 3. The number of carbonyl (C=O) groups is 3. The van der Waals surface area contributed by atoms with Crippen molar-refractivity contribution in [2.75, 3.05) is 10.3 Å². The monoisotopic (exact) mass is 476 g/mol. The highest BCUT2D eigenvalue weighted by molar-refractivity contribution is 8.00. The van der Waals surface area contributed by atoms with Gasteiger partial charge in [0.25, 0.3) is 11.8 Å². The maximum absolute atomic E-state index is 13.1. The Bertz CT molecular complexity index is 1250. The Hall–Kier alpha value is -3.98. The molecule has 1 aliphatic rings. The van der Waals surface area contributed by atoms with Crippen molar-refractivity contribution in [3.63, 3.8) is 0 Å². The fraction of sp³-hybridized carbons (Fsp3) is 0.120. The van der Waals surface area contributed by atoms with Crippen molar-refractivity contribution in [3.8, 4) is 0 Å². The van der Waals surface area contributed by atoms with E-state index >= 15 is 0 Å². The van der Waals surface area contributed by atoms with Crippen molar-refractivity contribution in [3.05, 3.63) is 90.2 Å². The second-order valence-electron chi connectivity index (χ2n) is 7.50. The summed E-state index contributed by atoms with van der Waals surface area (Å²) in [5, 5.41) is 10.5. The lowest BCUT2D eigenvalue weighted by molar-refractivity contribution is -0.118. The molecule has 7 nitrogen and oxygen atoms in total. The van der Waals surface area contributed by atoms with E-state index < -0.39 is 11.1 Å². The minimum Gasteiger partial charge on any atom is -0.322 e. The van der Waals surface area contributed by atoms with E-state index in [1.165, 1.54) is 41.0 Å². The number of benzene rings is 3. The highest BCUT2D eigenvalue weighted by Gasteiger charge is 2.27. The zero-order valence-corrected chi connectivity index (χ0v) is 19.0. The number of nitrogens with one attached hydrogen (secondary N) is 2. The van der Waals surface area contributed by atoms with E-state index in [1.807, 2.05) is 24.3 Å². The molecular formula is C25H21FN4O3S. The van der Waals surface area contributed by atoms with Crippen LogP contribution in [0.4, 0.5) is 15.8 Å². The van der Waals surface area contributed by atoms with Crippen molar-refractivity contribution in [1.29, 1.82) is 0 Å². The number of anilines is 2. The smallest absolute Gasteiger partial charge is 0.255 e. The first-order valence-corrected chi connectivity index (χ1v) is 11.4. The summed E-state index contributed by atoms with van der Waals surface area (Å²) in [4.78, 5) is 38.1. The van der Waals surface area contributed by atoms with Crippen LogP contribution in [0.2, 0.25) is 0 Å². The van der Waals surface area contributed by atoms with Gasteiger partial charge in [-0.25, -0.2) is 4.39 Å². The highest BCUT2D eigenvalue weighted by Crippen LogP contribution is 2.26. The van der Waals surface area contributed by atoms with Crippen LogP contribution < -0.4 is 15.6 Å². The van der Waals surface area contributed by atoms with E-state index in [0.29, 0.717) is 22.8 Å². The van der Waals surface area contributed by atoms with Gasteiger partial charge in [0.1, 0.15) is 11.7 Å². The van der Waals surface area contributed by atoms with Crippen molar-refractivity contribution in [2.24, 2.45) is 5.10 Å². The van der Waals surface area contributed by atoms with Crippen LogP contribution in [-0.2, 0) is 9.59 Å². The first-order valence-electron chi connectivity index (χ1n) is 10.5. The number of rotatable bonds is 6. The molecule has 1 aliphatic heterocycles. The number of para-hydroxylation sites is 1. The molecule has 3 aromatic rings. The van der Waals surface area contributed by atoms with E-state index in [2.05, 4.69) is 15.7 Å². The van der Waals surface area contributed by atoms with Crippen LogP contribution in [0.1, 0.15) is 23.7 Å². The molecule has 0 saturated carbocycles. The lowest BCUT2D eigenvalue weighted by Gasteiger charge is -2.13. The molecule has 172 valence electrons. The van der Waals surface area contributed by atoms with Crippen molar-refractivity contribution >= 4 is 46.7 Å². The molecule has 34 heavy (non-hydrogen) atoms. The van der Waals surface area contributed by atoms with Gasteiger partial charge >= 0.3 is 0 Å². The lowest BCUT2D eigenvalue weighted by Crippen LogP contribution is -2.35. The summed E-state index contributed by atoms with van der Waals surface area (Å²) < 4.78 is 13.1. The van der Waals surface area contributed by atoms with Gasteiger partial charge in [-0.05, 0) is 61.5 Å². The van der Waals surface area contributed by atoms with Gasteiger partial charge in [-0.3, -0.25) is 14.4 Å². The Morgan fingerprint density at radius 2 is 1.74 bits per heavy atom. The second-order valence-corrected chi connectivity index (χ2v) is 8.92. The number of hydrogen-bond donors (Lipinski definition) is 2. The molecule has 0 bridgehead atoms. The average molecular weight is 477 g/mol. The van der Waals surface area contributed by atoms with Crippen LogP contribution in [0.5, 0.6) is 0 Å². The molecule has 0 aromatic heterocycles. The molecule has 9 heteroatoms. The molecule has 1 atom stereocenters. The van der Waals surface area contributed by atoms with Crippen LogP contribution in [0, 0.1) is 5.82 Å². The summed E-state index contributed by atoms with van der Waals surface area (Å²) in [7, 11) is 0. The van der Waals surface area contributed by atoms with E-state index in [-0.39, 0.29) is 24.1 Å². The molecule has 0 fully saturated rings. The summed E-state index contributed by atoms with van der Waals surface area (Å²) in [6.45, 7) is 1.75. The van der Waals surface area contributed by atoms with Gasteiger partial charge < -0.3 is 10.6 Å². The largest absolute Gasteiger partial charge is 0.322 e. The van der Waals surface area contributed by atoms with E-state index in [0.717, 1.165) is 4.90 Å². The van der Waals surface area contributed by atoms with Gasteiger partial charge in [-0.1, -0.05) is 24.3 Å². The van der Waals surface area contributed by atoms with Crippen LogP contribution in [0.3, 0.4) is 0 Å². The molecule has 1 heterocycles. The number of nitrogens with zero attached hydrogens (tertiary/aromatic N) is 2. The van der Waals surface area contributed by atoms with Crippen LogP contribution in [-0.4, -0.2) is 28.8 Å². The number of thioether (sulfide) groups is 1. The zero-order valence-electron chi connectivity index (χ0n) is 18.2. The number of amides is 3. The number of amidine groups is 1. The van der Waals surface area contributed by atoms with E-state index in [1.54, 1.807) is 37.3 Å². The highest BCUT2D eigenvalue weighted by atomic mass is 32.2. The van der Waals surface area contributed by atoms with E-state index in [9.17, 15) is 18.8 Å². The molecule has 1 unspecified atom stereocenters. The third-order valence-corrected chi connectivity index (χ3v) is 6.02. The Kier molecular flexibility index (Phi) is 7.03. The summed E-state index contributed by atoms with van der Waals surface area (Å²) >= 11 is 1.31. The third-order valence-electron chi connectivity index (χ3n) is 4.92. The lowest BCUT2D eigenvalue weighted by atomic mass is 10.2. The Morgan fingerprint density at radius 1 is 1.00 bits per heavy atom. The second kappa shape index (κ2) is 10.3. The molecule has 0 spiro atoms. The predicted octanol–water partition coefficient (Wildman–Crippen LogP) is 4.43. The number of hydrazone groups is 1. The molecule has 0 saturated heterocycles. The van der Waals surface area contributed by atoms with Crippen LogP contribution in [0.15, 0.2) is 88.9 Å². The Labute approximate surface area is 200 Å². The van der Waals surface area contributed by atoms with E-state index in [4.69, 9.17) is 0 Å². The fourth-order valence-electron chi connectivity index (χ4n) is 3.22. The van der Waals surface area contributed by atoms with Gasteiger partial charge in [0.05, 0.1) is 17.4 Å². The average Bonchev–Trinajstić information content (AvgIpc) is 3.20. The minimum absolute atomic E-state index is 0.0168. The molecule has 3 amide bonds. The van der Waals surface area contributed by atoms with Crippen molar-refractivity contribution in [2.45, 2.75) is 23.5 Å². The molecular weight excluding hydrogens is 455 g/mol. The summed E-state index contributed by atoms with van der Waals surface area (Å²) in [6, 6.07) is 21.4. The van der Waals surface area contributed by atoms with Gasteiger partial charge in [0, 0.05) is 16.1 Å². The normalized spacial score (nSPS) is 13.9. The topological polar surface area (TPSA) is 90.9 Å². The first kappa shape index (κ1) is 23.2. The van der Waals surface area contributed by atoms with Gasteiger partial charge in [-0.15, -0.1) is 11.8 Å². The van der Waals surface area contributed by atoms with Gasteiger partial charge in [0.2, 0.25) is 5.91 Å². The maximum atomic E-state index is 13.1. The number of hydrogen-bond acceptors (Lipinski definition) is 5.